The van der Waals surface area contributed by atoms with Gasteiger partial charge in [-0.2, -0.15) is 0 Å². The molecule has 0 radical (unpaired) electrons. The highest BCUT2D eigenvalue weighted by Crippen LogP contribution is 2.33. The molecule has 0 N–H and O–H groups in total. The summed E-state index contributed by atoms with van der Waals surface area (Å²) in [4.78, 5) is 14.5. The molecular formula is C18H35NO3Si. The third-order valence-corrected chi connectivity index (χ3v) is 5.63. The van der Waals surface area contributed by atoms with E-state index in [1.807, 2.05) is 25.7 Å². The number of piperidine rings is 1. The van der Waals surface area contributed by atoms with Gasteiger partial charge in [-0.15, -0.1) is 0 Å². The van der Waals surface area contributed by atoms with E-state index in [9.17, 15) is 4.79 Å². The van der Waals surface area contributed by atoms with Crippen LogP contribution in [0.25, 0.3) is 0 Å². The Morgan fingerprint density at radius 3 is 2.22 bits per heavy atom. The van der Waals surface area contributed by atoms with Crippen molar-refractivity contribution in [2.45, 2.75) is 90.5 Å². The standard InChI is InChI=1S/C18H35NO3Si/c1-13-10-11-19(15(20)21-16(2,3)4)14(12-13)18(8,9)22-23-17(5,6)7/h14H,1,10-12,23H2,2-9H3/t14-/m1/s1. The van der Waals surface area contributed by atoms with Crippen molar-refractivity contribution in [1.29, 1.82) is 0 Å². The van der Waals surface area contributed by atoms with E-state index >= 15 is 0 Å². The van der Waals surface area contributed by atoms with Crippen molar-refractivity contribution in [3.8, 4) is 0 Å². The molecule has 1 fully saturated rings. The molecule has 0 aromatic heterocycles. The van der Waals surface area contributed by atoms with Gasteiger partial charge < -0.3 is 14.1 Å². The van der Waals surface area contributed by atoms with Crippen LogP contribution in [0, 0.1) is 0 Å². The zero-order valence-corrected chi connectivity index (χ0v) is 17.7. The number of carbonyl (C=O) groups is 1. The number of nitrogens with zero attached hydrogens (tertiary/aromatic N) is 1. The zero-order chi connectivity index (χ0) is 18.1. The van der Waals surface area contributed by atoms with Crippen LogP contribution in [-0.4, -0.2) is 44.5 Å². The van der Waals surface area contributed by atoms with Crippen LogP contribution in [0.1, 0.15) is 68.2 Å². The molecule has 0 spiro atoms. The fourth-order valence-electron chi connectivity index (χ4n) is 2.58. The molecule has 1 rings (SSSR count). The maximum absolute atomic E-state index is 12.6. The van der Waals surface area contributed by atoms with Gasteiger partial charge in [0.05, 0.1) is 11.6 Å². The molecule has 1 amide bonds. The first kappa shape index (κ1) is 20.2. The molecule has 0 aromatic rings. The molecule has 23 heavy (non-hydrogen) atoms. The summed E-state index contributed by atoms with van der Waals surface area (Å²) in [5, 5.41) is 0.222. The summed E-state index contributed by atoms with van der Waals surface area (Å²) in [5.74, 6) is 0. The van der Waals surface area contributed by atoms with Crippen molar-refractivity contribution < 1.29 is 14.0 Å². The van der Waals surface area contributed by atoms with Crippen LogP contribution in [-0.2, 0) is 9.16 Å². The van der Waals surface area contributed by atoms with Gasteiger partial charge >= 0.3 is 6.09 Å². The van der Waals surface area contributed by atoms with E-state index in [0.717, 1.165) is 12.8 Å². The maximum atomic E-state index is 12.6. The summed E-state index contributed by atoms with van der Waals surface area (Å²) in [7, 11) is -0.706. The Bertz CT molecular complexity index is 446. The Morgan fingerprint density at radius 1 is 1.17 bits per heavy atom. The van der Waals surface area contributed by atoms with E-state index in [4.69, 9.17) is 9.16 Å². The van der Waals surface area contributed by atoms with Crippen molar-refractivity contribution >= 4 is 15.9 Å². The summed E-state index contributed by atoms with van der Waals surface area (Å²) in [6.07, 6.45) is 1.37. The number of ether oxygens (including phenoxy) is 1. The number of hydrogen-bond acceptors (Lipinski definition) is 3. The van der Waals surface area contributed by atoms with Crippen LogP contribution in [0.15, 0.2) is 12.2 Å². The summed E-state index contributed by atoms with van der Waals surface area (Å²) < 4.78 is 11.9. The summed E-state index contributed by atoms with van der Waals surface area (Å²) in [6.45, 7) is 21.3. The van der Waals surface area contributed by atoms with E-state index in [0.29, 0.717) is 6.54 Å². The third-order valence-electron chi connectivity index (χ3n) is 3.87. The molecule has 1 heterocycles. The topological polar surface area (TPSA) is 38.8 Å². The quantitative estimate of drug-likeness (QED) is 0.574. The first-order chi connectivity index (χ1) is 10.2. The minimum absolute atomic E-state index is 0.0200. The highest BCUT2D eigenvalue weighted by molar-refractivity contribution is 6.31. The molecule has 0 aromatic carbocycles. The Morgan fingerprint density at radius 2 is 1.74 bits per heavy atom. The summed E-state index contributed by atoms with van der Waals surface area (Å²) in [6, 6.07) is -0.0200. The Hall–Kier alpha value is -0.813. The van der Waals surface area contributed by atoms with Crippen molar-refractivity contribution in [2.24, 2.45) is 0 Å². The molecule has 0 bridgehead atoms. The van der Waals surface area contributed by atoms with Gasteiger partial charge in [-0.25, -0.2) is 4.79 Å². The first-order valence-electron chi connectivity index (χ1n) is 8.51. The van der Waals surface area contributed by atoms with E-state index < -0.39 is 15.4 Å². The fraction of sp³-hybridized carbons (Fsp3) is 0.833. The van der Waals surface area contributed by atoms with E-state index in [2.05, 4.69) is 41.2 Å². The van der Waals surface area contributed by atoms with Crippen LogP contribution in [0.3, 0.4) is 0 Å². The monoisotopic (exact) mass is 341 g/mol. The van der Waals surface area contributed by atoms with Crippen molar-refractivity contribution in [2.75, 3.05) is 6.54 Å². The average Bonchev–Trinajstić information content (AvgIpc) is 2.33. The Kier molecular flexibility index (Phi) is 6.13. The molecule has 1 saturated heterocycles. The number of amides is 1. The lowest BCUT2D eigenvalue weighted by Crippen LogP contribution is -2.57. The lowest BCUT2D eigenvalue weighted by atomic mass is 9.87. The average molecular weight is 342 g/mol. The molecule has 5 heteroatoms. The van der Waals surface area contributed by atoms with Gasteiger partial charge in [0.15, 0.2) is 9.76 Å². The normalized spacial score (nSPS) is 21.1. The molecule has 0 aliphatic carbocycles. The van der Waals surface area contributed by atoms with Crippen molar-refractivity contribution in [3.05, 3.63) is 12.2 Å². The number of rotatable bonds is 3. The van der Waals surface area contributed by atoms with Gasteiger partial charge in [-0.3, -0.25) is 0 Å². The molecule has 0 unspecified atom stereocenters. The van der Waals surface area contributed by atoms with Crippen LogP contribution >= 0.6 is 0 Å². The number of likely N-dealkylation sites (tertiary alicyclic amines) is 1. The predicted octanol–water partition coefficient (Wildman–Crippen LogP) is 4.04. The predicted molar refractivity (Wildman–Crippen MR) is 98.5 cm³/mol. The molecular weight excluding hydrogens is 306 g/mol. The van der Waals surface area contributed by atoms with E-state index in [1.54, 1.807) is 0 Å². The van der Waals surface area contributed by atoms with Crippen molar-refractivity contribution in [3.63, 3.8) is 0 Å². The highest BCUT2D eigenvalue weighted by atomic mass is 28.2. The second kappa shape index (κ2) is 6.97. The SMILES string of the molecule is C=C1CCN(C(=O)OC(C)(C)C)[C@@H](C(C)(C)O[SiH2]C(C)(C)C)C1. The largest absolute Gasteiger partial charge is 0.444 e. The minimum atomic E-state index is -0.706. The van der Waals surface area contributed by atoms with Gasteiger partial charge in [0.2, 0.25) is 0 Å². The molecule has 4 nitrogen and oxygen atoms in total. The third kappa shape index (κ3) is 6.67. The number of carbonyl (C=O) groups excluding carboxylic acids is 1. The van der Waals surface area contributed by atoms with Crippen LogP contribution < -0.4 is 0 Å². The summed E-state index contributed by atoms with van der Waals surface area (Å²) in [5.41, 5.74) is 0.310. The molecule has 134 valence electrons. The fourth-order valence-corrected chi connectivity index (χ4v) is 3.58. The van der Waals surface area contributed by atoms with Crippen LogP contribution in [0.4, 0.5) is 4.79 Å². The Labute approximate surface area is 144 Å². The number of hydrogen-bond donors (Lipinski definition) is 0. The highest BCUT2D eigenvalue weighted by Gasteiger charge is 2.41. The first-order valence-corrected chi connectivity index (χ1v) is 9.80. The van der Waals surface area contributed by atoms with Crippen LogP contribution in [0.2, 0.25) is 5.04 Å². The second-order valence-electron chi connectivity index (χ2n) is 9.35. The molecule has 0 saturated carbocycles. The van der Waals surface area contributed by atoms with E-state index in [-0.39, 0.29) is 22.8 Å². The minimum Gasteiger partial charge on any atom is -0.444 e. The smallest absolute Gasteiger partial charge is 0.410 e. The van der Waals surface area contributed by atoms with Crippen molar-refractivity contribution in [1.82, 2.24) is 4.90 Å². The maximum Gasteiger partial charge on any atom is 0.410 e. The van der Waals surface area contributed by atoms with Crippen LogP contribution in [0.5, 0.6) is 0 Å². The van der Waals surface area contributed by atoms with Gasteiger partial charge in [0, 0.05) is 6.54 Å². The Balaban J connectivity index is 2.91. The second-order valence-corrected chi connectivity index (χ2v) is 12.0. The van der Waals surface area contributed by atoms with E-state index in [1.165, 1.54) is 5.57 Å². The summed E-state index contributed by atoms with van der Waals surface area (Å²) >= 11 is 0. The molecule has 1 aliphatic heterocycles. The van der Waals surface area contributed by atoms with Gasteiger partial charge in [-0.1, -0.05) is 32.9 Å². The molecule has 1 aliphatic rings. The molecule has 1 atom stereocenters. The van der Waals surface area contributed by atoms with Gasteiger partial charge in [0.25, 0.3) is 0 Å². The lowest BCUT2D eigenvalue weighted by Gasteiger charge is -2.46. The lowest BCUT2D eigenvalue weighted by molar-refractivity contribution is -0.0316. The zero-order valence-electron chi connectivity index (χ0n) is 16.3. The van der Waals surface area contributed by atoms with Gasteiger partial charge in [-0.05, 0) is 52.5 Å². The van der Waals surface area contributed by atoms with Gasteiger partial charge in [0.1, 0.15) is 5.60 Å².